The first-order chi connectivity index (χ1) is 20.0. The van der Waals surface area contributed by atoms with Gasteiger partial charge in [-0.25, -0.2) is 0 Å². The van der Waals surface area contributed by atoms with Crippen molar-refractivity contribution in [2.75, 3.05) is 27.4 Å². The second-order valence-corrected chi connectivity index (χ2v) is 11.8. The quantitative estimate of drug-likeness (QED) is 0.164. The monoisotopic (exact) mass is 593 g/mol. The molecule has 0 aromatic rings. The molecule has 11 heteroatoms. The molecule has 0 bridgehead atoms. The number of methoxy groups -OCH3 is 2. The van der Waals surface area contributed by atoms with E-state index in [0.717, 1.165) is 12.0 Å². The number of ketones is 1. The van der Waals surface area contributed by atoms with E-state index in [1.165, 1.54) is 14.2 Å². The summed E-state index contributed by atoms with van der Waals surface area (Å²) < 4.78 is 29.2. The van der Waals surface area contributed by atoms with Crippen LogP contribution < -0.4 is 0 Å². The highest BCUT2D eigenvalue weighted by atomic mass is 16.7. The summed E-state index contributed by atoms with van der Waals surface area (Å²) in [6, 6.07) is 0. The number of aliphatic hydroxyl groups is 1. The maximum absolute atomic E-state index is 13.0. The Morgan fingerprint density at radius 3 is 2.48 bits per heavy atom. The fourth-order valence-corrected chi connectivity index (χ4v) is 5.86. The van der Waals surface area contributed by atoms with Crippen LogP contribution in [-0.4, -0.2) is 81.0 Å². The Hall–Kier alpha value is -2.27. The van der Waals surface area contributed by atoms with E-state index in [-0.39, 0.29) is 48.5 Å². The van der Waals surface area contributed by atoms with Gasteiger partial charge in [0, 0.05) is 43.9 Å². The van der Waals surface area contributed by atoms with Crippen LogP contribution in [0, 0.1) is 23.7 Å². The second kappa shape index (κ2) is 18.4. The SMILES string of the molecule is CC[C@H]1OC(=O)CC[C@H](C)C[C@@H](CCN=[N+]=[N-])C[C@@H](C)C(=O)/C=C/C(C)=C/[C@@H]1CO[C@@H]1OC(C)[C@@H](O)[C@H](OC)C1OC. The minimum Gasteiger partial charge on any atom is -0.462 e. The van der Waals surface area contributed by atoms with Crippen LogP contribution in [0.25, 0.3) is 10.4 Å². The molecule has 1 N–H and O–H groups in total. The predicted octanol–water partition coefficient (Wildman–Crippen LogP) is 5.31. The van der Waals surface area contributed by atoms with Crippen molar-refractivity contribution in [3.8, 4) is 0 Å². The van der Waals surface area contributed by atoms with Gasteiger partial charge in [0.2, 0.25) is 0 Å². The molecule has 2 aliphatic heterocycles. The maximum atomic E-state index is 13.0. The summed E-state index contributed by atoms with van der Waals surface area (Å²) in [7, 11) is 3.02. The molecule has 11 nitrogen and oxygen atoms in total. The Morgan fingerprint density at radius 1 is 1.12 bits per heavy atom. The van der Waals surface area contributed by atoms with Crippen LogP contribution in [0.2, 0.25) is 0 Å². The van der Waals surface area contributed by atoms with Gasteiger partial charge in [0.25, 0.3) is 0 Å². The van der Waals surface area contributed by atoms with Crippen LogP contribution in [-0.2, 0) is 33.3 Å². The van der Waals surface area contributed by atoms with E-state index >= 15 is 0 Å². The van der Waals surface area contributed by atoms with Crippen molar-refractivity contribution < 1.29 is 38.4 Å². The Kier molecular flexibility index (Phi) is 15.7. The van der Waals surface area contributed by atoms with Gasteiger partial charge in [-0.2, -0.15) is 0 Å². The molecule has 0 radical (unpaired) electrons. The van der Waals surface area contributed by atoms with Crippen molar-refractivity contribution in [2.24, 2.45) is 28.8 Å². The van der Waals surface area contributed by atoms with Gasteiger partial charge >= 0.3 is 5.97 Å². The van der Waals surface area contributed by atoms with Crippen molar-refractivity contribution in [3.63, 3.8) is 0 Å². The molecule has 10 atom stereocenters. The highest BCUT2D eigenvalue weighted by molar-refractivity contribution is 5.91. The molecule has 0 amide bonds. The lowest BCUT2D eigenvalue weighted by Gasteiger charge is -2.42. The van der Waals surface area contributed by atoms with Crippen molar-refractivity contribution in [2.45, 2.75) is 110 Å². The smallest absolute Gasteiger partial charge is 0.306 e. The minimum atomic E-state index is -0.872. The first-order valence-corrected chi connectivity index (χ1v) is 15.2. The Morgan fingerprint density at radius 2 is 1.83 bits per heavy atom. The molecule has 42 heavy (non-hydrogen) atoms. The standard InChI is InChI=1S/C31H51N3O8/c1-8-26-24(18-40-31-30(39-7)29(38-6)28(37)22(5)41-31)16-20(3)9-11-25(35)21(4)17-23(13-14-33-34-32)15-19(2)10-12-27(36)42-26/h9,11,16,19,21-24,26,28-31,37H,8,10,12-15,17-18H2,1-7H3/b11-9+,20-16+/t19-,21+,22?,23+,24+,26+,28+,29-,30?,31+/m0/s1. The molecule has 2 aliphatic rings. The van der Waals surface area contributed by atoms with Crippen molar-refractivity contribution in [3.05, 3.63) is 34.2 Å². The number of aliphatic hydroxyl groups excluding tert-OH is 1. The minimum absolute atomic E-state index is 0.0410. The molecule has 0 saturated carbocycles. The van der Waals surface area contributed by atoms with Crippen molar-refractivity contribution >= 4 is 11.8 Å². The van der Waals surface area contributed by atoms with Crippen molar-refractivity contribution in [1.82, 2.24) is 0 Å². The number of hydrogen-bond donors (Lipinski definition) is 1. The van der Waals surface area contributed by atoms with Gasteiger partial charge in [0.15, 0.2) is 12.1 Å². The van der Waals surface area contributed by atoms with E-state index in [1.807, 2.05) is 26.8 Å². The molecule has 238 valence electrons. The van der Waals surface area contributed by atoms with Crippen molar-refractivity contribution in [1.29, 1.82) is 0 Å². The number of ether oxygens (including phenoxy) is 5. The molecule has 2 unspecified atom stereocenters. The number of nitrogens with zero attached hydrogens (tertiary/aromatic N) is 3. The van der Waals surface area contributed by atoms with E-state index in [9.17, 15) is 14.7 Å². The van der Waals surface area contributed by atoms with Crippen LogP contribution in [0.4, 0.5) is 0 Å². The lowest BCUT2D eigenvalue weighted by Crippen LogP contribution is -2.59. The van der Waals surface area contributed by atoms with Gasteiger partial charge < -0.3 is 28.8 Å². The maximum Gasteiger partial charge on any atom is 0.306 e. The molecule has 0 aliphatic carbocycles. The third-order valence-corrected chi connectivity index (χ3v) is 8.36. The van der Waals surface area contributed by atoms with E-state index < -0.39 is 36.8 Å². The zero-order valence-corrected chi connectivity index (χ0v) is 26.3. The molecule has 1 saturated heterocycles. The Bertz CT molecular complexity index is 966. The average Bonchev–Trinajstić information content (AvgIpc) is 2.96. The highest BCUT2D eigenvalue weighted by Gasteiger charge is 2.45. The zero-order valence-electron chi connectivity index (χ0n) is 26.3. The van der Waals surface area contributed by atoms with E-state index in [4.69, 9.17) is 29.2 Å². The van der Waals surface area contributed by atoms with Crippen LogP contribution in [0.1, 0.15) is 73.1 Å². The number of carbonyl (C=O) groups excluding carboxylic acids is 2. The van der Waals surface area contributed by atoms with Gasteiger partial charge in [-0.1, -0.05) is 43.6 Å². The molecule has 2 rings (SSSR count). The summed E-state index contributed by atoms with van der Waals surface area (Å²) in [4.78, 5) is 28.9. The molecule has 0 aromatic carbocycles. The Labute approximate surface area is 250 Å². The fourth-order valence-electron chi connectivity index (χ4n) is 5.86. The first kappa shape index (κ1) is 35.9. The predicted molar refractivity (Wildman–Crippen MR) is 158 cm³/mol. The first-order valence-electron chi connectivity index (χ1n) is 15.2. The summed E-state index contributed by atoms with van der Waals surface area (Å²) in [6.07, 6.45) is 5.15. The van der Waals surface area contributed by atoms with Gasteiger partial charge in [-0.3, -0.25) is 9.59 Å². The average molecular weight is 594 g/mol. The third-order valence-electron chi connectivity index (χ3n) is 8.36. The molecule has 0 spiro atoms. The summed E-state index contributed by atoms with van der Waals surface area (Å²) in [5.74, 6) is -0.279. The Balaban J connectivity index is 2.30. The second-order valence-electron chi connectivity index (χ2n) is 11.8. The van der Waals surface area contributed by atoms with E-state index in [1.54, 1.807) is 19.1 Å². The number of rotatable bonds is 9. The summed E-state index contributed by atoms with van der Waals surface area (Å²) >= 11 is 0. The number of esters is 1. The largest absolute Gasteiger partial charge is 0.462 e. The zero-order chi connectivity index (χ0) is 31.2. The van der Waals surface area contributed by atoms with E-state index in [2.05, 4.69) is 16.9 Å². The van der Waals surface area contributed by atoms with Gasteiger partial charge in [-0.05, 0) is 69.4 Å². The van der Waals surface area contributed by atoms with Crippen LogP contribution in [0.5, 0.6) is 0 Å². The number of allylic oxidation sites excluding steroid dienone is 3. The van der Waals surface area contributed by atoms with Gasteiger partial charge in [-0.15, -0.1) is 0 Å². The molecule has 0 aromatic heterocycles. The third kappa shape index (κ3) is 11.1. The fraction of sp³-hybridized carbons (Fsp3) is 0.806. The highest BCUT2D eigenvalue weighted by Crippen LogP contribution is 2.29. The number of carbonyl (C=O) groups is 2. The summed E-state index contributed by atoms with van der Waals surface area (Å²) in [5.41, 5.74) is 9.52. The van der Waals surface area contributed by atoms with E-state index in [0.29, 0.717) is 32.2 Å². The van der Waals surface area contributed by atoms with Crippen LogP contribution in [0.15, 0.2) is 28.9 Å². The summed E-state index contributed by atoms with van der Waals surface area (Å²) in [6.45, 7) is 10.2. The normalized spacial score (nSPS) is 37.7. The molecule has 1 fully saturated rings. The van der Waals surface area contributed by atoms with Gasteiger partial charge in [0.1, 0.15) is 24.4 Å². The summed E-state index contributed by atoms with van der Waals surface area (Å²) in [5, 5.41) is 14.2. The number of cyclic esters (lactones) is 1. The van der Waals surface area contributed by atoms with Gasteiger partial charge in [0.05, 0.1) is 12.7 Å². The number of hydrogen-bond acceptors (Lipinski definition) is 9. The van der Waals surface area contributed by atoms with Crippen LogP contribution >= 0.6 is 0 Å². The lowest BCUT2D eigenvalue weighted by molar-refractivity contribution is -0.304. The number of azide groups is 1. The molecular formula is C31H51N3O8. The van der Waals surface area contributed by atoms with Crippen LogP contribution in [0.3, 0.4) is 0 Å². The molecular weight excluding hydrogens is 542 g/mol. The lowest BCUT2D eigenvalue weighted by atomic mass is 9.83. The molecule has 2 heterocycles. The topological polar surface area (TPSA) is 149 Å².